The molecule has 0 aliphatic carbocycles. The van der Waals surface area contributed by atoms with Crippen LogP contribution in [0.4, 0.5) is 0 Å². The largest absolute Gasteiger partial charge is 0.240 e. The Morgan fingerprint density at radius 2 is 1.93 bits per heavy atom. The number of hydrogen-bond donors (Lipinski definition) is 1. The first-order valence-corrected chi connectivity index (χ1v) is 6.41. The molecule has 0 atom stereocenters. The monoisotopic (exact) mass is 229 g/mol. The molecule has 1 N–H and O–H groups in total. The second kappa shape index (κ2) is 4.33. The number of rotatable bonds is 3. The first-order chi connectivity index (χ1) is 6.88. The highest BCUT2D eigenvalue weighted by Crippen LogP contribution is 2.21. The molecule has 0 saturated heterocycles. The van der Waals surface area contributed by atoms with E-state index in [2.05, 4.69) is 18.6 Å². The van der Waals surface area contributed by atoms with Crippen molar-refractivity contribution < 1.29 is 9.84 Å². The van der Waals surface area contributed by atoms with Gasteiger partial charge in [-0.25, -0.2) is 13.1 Å². The predicted octanol–water partition coefficient (Wildman–Crippen LogP) is 2.27. The van der Waals surface area contributed by atoms with Crippen LogP contribution in [0, 0.1) is 6.92 Å². The highest BCUT2D eigenvalue weighted by molar-refractivity contribution is 7.89. The Bertz CT molecular complexity index is 455. The lowest BCUT2D eigenvalue weighted by Gasteiger charge is -2.11. The zero-order chi connectivity index (χ0) is 11.6. The summed E-state index contributed by atoms with van der Waals surface area (Å²) in [7, 11) is -1.90. The van der Waals surface area contributed by atoms with Crippen molar-refractivity contribution in [3.8, 4) is 0 Å². The molecule has 0 spiro atoms. The van der Waals surface area contributed by atoms with Crippen molar-refractivity contribution >= 4 is 10.0 Å². The molecule has 0 aliphatic rings. The molecule has 0 bridgehead atoms. The molecule has 4 heteroatoms. The van der Waals surface area contributed by atoms with Crippen LogP contribution in [-0.4, -0.2) is 15.5 Å². The van der Waals surface area contributed by atoms with E-state index < -0.39 is 10.0 Å². The van der Waals surface area contributed by atoms with Crippen LogP contribution in [0.5, 0.6) is 0 Å². The Balaban J connectivity index is 0.00000225. The number of sulfonamides is 1. The van der Waals surface area contributed by atoms with Crippen molar-refractivity contribution in [2.75, 3.05) is 7.05 Å². The molecule has 0 aromatic heterocycles. The zero-order valence-corrected chi connectivity index (χ0v) is 10.4. The van der Waals surface area contributed by atoms with Crippen LogP contribution < -0.4 is 4.72 Å². The van der Waals surface area contributed by atoms with Gasteiger partial charge in [0.15, 0.2) is 0 Å². The molecule has 1 aromatic rings. The van der Waals surface area contributed by atoms with Gasteiger partial charge in [-0.3, -0.25) is 0 Å². The summed E-state index contributed by atoms with van der Waals surface area (Å²) in [6.07, 6.45) is 0. The number of nitrogens with one attached hydrogen (secondary N) is 1. The Hall–Kier alpha value is -0.870. The molecule has 15 heavy (non-hydrogen) atoms. The summed E-state index contributed by atoms with van der Waals surface area (Å²) in [6.45, 7) is 6.12. The normalized spacial score (nSPS) is 12.1. The molecule has 86 valence electrons. The van der Waals surface area contributed by atoms with Gasteiger partial charge in [-0.05, 0) is 43.1 Å². The Labute approximate surface area is 93.1 Å². The van der Waals surface area contributed by atoms with Gasteiger partial charge < -0.3 is 0 Å². The number of aryl methyl sites for hydroxylation is 1. The topological polar surface area (TPSA) is 46.2 Å². The molecular weight excluding hydrogens is 210 g/mol. The maximum atomic E-state index is 11.5. The second-order valence-electron chi connectivity index (χ2n) is 3.88. The third-order valence-corrected chi connectivity index (χ3v) is 3.85. The van der Waals surface area contributed by atoms with E-state index in [1.807, 2.05) is 13.0 Å². The smallest absolute Gasteiger partial charge is 0.214 e. The van der Waals surface area contributed by atoms with Gasteiger partial charge in [0, 0.05) is 1.43 Å². The maximum absolute atomic E-state index is 11.5. The summed E-state index contributed by atoms with van der Waals surface area (Å²) in [6, 6.07) is 5.24. The fourth-order valence-electron chi connectivity index (χ4n) is 1.58. The molecule has 0 amide bonds. The van der Waals surface area contributed by atoms with Gasteiger partial charge in [-0.2, -0.15) is 0 Å². The Morgan fingerprint density at radius 1 is 1.33 bits per heavy atom. The molecule has 0 heterocycles. The van der Waals surface area contributed by atoms with Gasteiger partial charge in [0.2, 0.25) is 10.0 Å². The van der Waals surface area contributed by atoms with Gasteiger partial charge in [0.05, 0.1) is 4.90 Å². The Kier molecular flexibility index (Phi) is 3.52. The van der Waals surface area contributed by atoms with Crippen molar-refractivity contribution in [3.63, 3.8) is 0 Å². The fourth-order valence-corrected chi connectivity index (χ4v) is 2.40. The third-order valence-electron chi connectivity index (χ3n) is 2.44. The highest BCUT2D eigenvalue weighted by atomic mass is 32.2. The van der Waals surface area contributed by atoms with Gasteiger partial charge in [0.1, 0.15) is 0 Å². The van der Waals surface area contributed by atoms with Gasteiger partial charge in [-0.15, -0.1) is 0 Å². The van der Waals surface area contributed by atoms with E-state index in [1.165, 1.54) is 12.6 Å². The molecule has 0 saturated carbocycles. The molecule has 0 radical (unpaired) electrons. The van der Waals surface area contributed by atoms with Gasteiger partial charge >= 0.3 is 0 Å². The molecule has 1 aromatic carbocycles. The molecular formula is C11H19NO2S. The van der Waals surface area contributed by atoms with E-state index in [4.69, 9.17) is 0 Å². The number of hydrogen-bond acceptors (Lipinski definition) is 2. The SMILES string of the molecule is CNS(=O)(=O)c1ccc(C(C)C)c(C)c1.[HH]. The third kappa shape index (κ3) is 2.58. The minimum atomic E-state index is -3.31. The molecule has 0 fully saturated rings. The van der Waals surface area contributed by atoms with Crippen molar-refractivity contribution in [1.82, 2.24) is 4.72 Å². The van der Waals surface area contributed by atoms with Crippen LogP contribution >= 0.6 is 0 Å². The predicted molar refractivity (Wildman–Crippen MR) is 63.6 cm³/mol. The summed E-state index contributed by atoms with van der Waals surface area (Å²) in [5, 5.41) is 0. The van der Waals surface area contributed by atoms with Crippen LogP contribution in [0.15, 0.2) is 23.1 Å². The first kappa shape index (κ1) is 12.2. The summed E-state index contributed by atoms with van der Waals surface area (Å²) < 4.78 is 25.4. The number of benzene rings is 1. The van der Waals surface area contributed by atoms with Crippen LogP contribution in [0.1, 0.15) is 32.3 Å². The fraction of sp³-hybridized carbons (Fsp3) is 0.455. The van der Waals surface area contributed by atoms with Crippen LogP contribution in [0.25, 0.3) is 0 Å². The van der Waals surface area contributed by atoms with Crippen LogP contribution in [0.2, 0.25) is 0 Å². The Morgan fingerprint density at radius 3 is 2.33 bits per heavy atom. The summed E-state index contributed by atoms with van der Waals surface area (Å²) in [5.41, 5.74) is 2.20. The van der Waals surface area contributed by atoms with Crippen molar-refractivity contribution in [1.29, 1.82) is 0 Å². The highest BCUT2D eigenvalue weighted by Gasteiger charge is 2.13. The zero-order valence-electron chi connectivity index (χ0n) is 9.53. The first-order valence-electron chi connectivity index (χ1n) is 4.92. The lowest BCUT2D eigenvalue weighted by Crippen LogP contribution is -2.18. The van der Waals surface area contributed by atoms with E-state index >= 15 is 0 Å². The second-order valence-corrected chi connectivity index (χ2v) is 5.77. The standard InChI is InChI=1S/C11H17NO2S.H2/c1-8(2)11-6-5-10(7-9(11)3)15(13,14)12-4;/h5-8,12H,1-4H3;1H. The van der Waals surface area contributed by atoms with Crippen molar-refractivity contribution in [2.24, 2.45) is 0 Å². The molecule has 0 unspecified atom stereocenters. The summed E-state index contributed by atoms with van der Waals surface area (Å²) in [4.78, 5) is 0.326. The van der Waals surface area contributed by atoms with E-state index in [0.29, 0.717) is 10.8 Å². The van der Waals surface area contributed by atoms with E-state index in [-0.39, 0.29) is 1.43 Å². The van der Waals surface area contributed by atoms with Crippen LogP contribution in [0.3, 0.4) is 0 Å². The van der Waals surface area contributed by atoms with Crippen molar-refractivity contribution in [3.05, 3.63) is 29.3 Å². The maximum Gasteiger partial charge on any atom is 0.240 e. The molecule has 1 rings (SSSR count). The van der Waals surface area contributed by atoms with Gasteiger partial charge in [-0.1, -0.05) is 19.9 Å². The van der Waals surface area contributed by atoms with E-state index in [1.54, 1.807) is 12.1 Å². The summed E-state index contributed by atoms with van der Waals surface area (Å²) in [5.74, 6) is 0.413. The quantitative estimate of drug-likeness (QED) is 0.864. The van der Waals surface area contributed by atoms with Crippen LogP contribution in [-0.2, 0) is 10.0 Å². The average molecular weight is 229 g/mol. The minimum Gasteiger partial charge on any atom is -0.214 e. The average Bonchev–Trinajstić information content (AvgIpc) is 2.17. The minimum absolute atomic E-state index is 0. The van der Waals surface area contributed by atoms with E-state index in [9.17, 15) is 8.42 Å². The molecule has 0 aliphatic heterocycles. The van der Waals surface area contributed by atoms with Gasteiger partial charge in [0.25, 0.3) is 0 Å². The summed E-state index contributed by atoms with van der Waals surface area (Å²) >= 11 is 0. The lowest BCUT2D eigenvalue weighted by molar-refractivity contribution is 0.588. The lowest BCUT2D eigenvalue weighted by atomic mass is 9.98. The van der Waals surface area contributed by atoms with E-state index in [0.717, 1.165) is 5.56 Å². The molecule has 3 nitrogen and oxygen atoms in total. The van der Waals surface area contributed by atoms with Crippen molar-refractivity contribution in [2.45, 2.75) is 31.6 Å².